The first-order chi connectivity index (χ1) is 16.6. The number of nitrogens with zero attached hydrogens (tertiary/aromatic N) is 6. The van der Waals surface area contributed by atoms with Gasteiger partial charge in [0.05, 0.1) is 11.4 Å². The molecule has 0 spiro atoms. The quantitative estimate of drug-likeness (QED) is 0.396. The van der Waals surface area contributed by atoms with E-state index in [4.69, 9.17) is 10.5 Å². The Labute approximate surface area is 197 Å². The fourth-order valence-corrected chi connectivity index (χ4v) is 4.41. The van der Waals surface area contributed by atoms with Gasteiger partial charge in [-0.25, -0.2) is 9.37 Å². The minimum absolute atomic E-state index is 0.0518. The highest BCUT2D eigenvalue weighted by molar-refractivity contribution is 5.72. The van der Waals surface area contributed by atoms with Gasteiger partial charge in [0.2, 0.25) is 0 Å². The van der Waals surface area contributed by atoms with Gasteiger partial charge in [-0.3, -0.25) is 4.68 Å². The molecule has 1 aliphatic heterocycles. The number of ether oxygens (including phenoxy) is 1. The summed E-state index contributed by atoms with van der Waals surface area (Å²) in [6.45, 7) is 3.60. The van der Waals surface area contributed by atoms with Crippen LogP contribution in [0.25, 0.3) is 22.5 Å². The largest absolute Gasteiger partial charge is 0.482 e. The van der Waals surface area contributed by atoms with Gasteiger partial charge in [-0.15, -0.1) is 0 Å². The number of nitrogen functional groups attached to an aromatic ring is 1. The Kier molecular flexibility index (Phi) is 5.26. The molecule has 12 heteroatoms. The number of hydrogen-bond acceptors (Lipinski definition) is 6. The number of aryl methyl sites for hydroxylation is 2. The molecule has 1 atom stereocenters. The van der Waals surface area contributed by atoms with Gasteiger partial charge in [-0.1, -0.05) is 0 Å². The van der Waals surface area contributed by atoms with E-state index in [-0.39, 0.29) is 35.8 Å². The van der Waals surface area contributed by atoms with Crippen LogP contribution in [0.5, 0.6) is 5.75 Å². The smallest absolute Gasteiger partial charge is 0.435 e. The first kappa shape index (κ1) is 22.8. The van der Waals surface area contributed by atoms with Crippen molar-refractivity contribution in [1.29, 1.82) is 0 Å². The zero-order chi connectivity index (χ0) is 25.1. The van der Waals surface area contributed by atoms with E-state index in [2.05, 4.69) is 20.3 Å². The van der Waals surface area contributed by atoms with Crippen molar-refractivity contribution in [2.45, 2.75) is 39.1 Å². The second kappa shape index (κ2) is 8.07. The lowest BCUT2D eigenvalue weighted by Crippen LogP contribution is -2.11. The molecule has 182 valence electrons. The van der Waals surface area contributed by atoms with E-state index >= 15 is 0 Å². The lowest BCUT2D eigenvalue weighted by Gasteiger charge is -2.20. The third kappa shape index (κ3) is 3.88. The Bertz CT molecular complexity index is 1440. The molecule has 2 N–H and O–H groups in total. The molecule has 4 heterocycles. The van der Waals surface area contributed by atoms with Gasteiger partial charge in [0.25, 0.3) is 0 Å². The molecule has 5 rings (SSSR count). The predicted molar refractivity (Wildman–Crippen MR) is 119 cm³/mol. The van der Waals surface area contributed by atoms with Gasteiger partial charge in [0, 0.05) is 48.5 Å². The summed E-state index contributed by atoms with van der Waals surface area (Å²) >= 11 is 0. The molecule has 1 aliphatic rings. The van der Waals surface area contributed by atoms with Crippen LogP contribution in [0.1, 0.15) is 42.5 Å². The highest BCUT2D eigenvalue weighted by Crippen LogP contribution is 2.41. The normalized spacial score (nSPS) is 15.3. The summed E-state index contributed by atoms with van der Waals surface area (Å²) < 4.78 is 64.0. The fourth-order valence-electron chi connectivity index (χ4n) is 4.41. The van der Waals surface area contributed by atoms with Crippen LogP contribution < -0.4 is 10.5 Å². The first-order valence-electron chi connectivity index (χ1n) is 10.9. The molecule has 0 fully saturated rings. The van der Waals surface area contributed by atoms with E-state index in [1.807, 2.05) is 0 Å². The van der Waals surface area contributed by atoms with Crippen molar-refractivity contribution in [3.8, 4) is 28.3 Å². The van der Waals surface area contributed by atoms with Gasteiger partial charge in [-0.2, -0.15) is 33.3 Å². The van der Waals surface area contributed by atoms with Crippen LogP contribution in [-0.2, 0) is 26.2 Å². The summed E-state index contributed by atoms with van der Waals surface area (Å²) in [4.78, 5) is 5.43. The van der Waals surface area contributed by atoms with Crippen LogP contribution in [-0.4, -0.2) is 29.8 Å². The number of benzene rings is 1. The molecule has 4 aromatic rings. The molecule has 0 saturated heterocycles. The number of anilines is 1. The summed E-state index contributed by atoms with van der Waals surface area (Å²) in [5.41, 5.74) is 7.08. The molecule has 1 unspecified atom stereocenters. The summed E-state index contributed by atoms with van der Waals surface area (Å²) in [5.74, 6) is -0.285. The first-order valence-corrected chi connectivity index (χ1v) is 10.9. The Balaban J connectivity index is 1.87. The van der Waals surface area contributed by atoms with E-state index in [9.17, 15) is 17.6 Å². The molecule has 2 bridgehead atoms. The number of nitrogens with two attached hydrogens (primary N) is 1. The number of rotatable bonds is 1. The van der Waals surface area contributed by atoms with Crippen molar-refractivity contribution in [3.63, 3.8) is 0 Å². The van der Waals surface area contributed by atoms with Gasteiger partial charge in [0.1, 0.15) is 17.6 Å². The van der Waals surface area contributed by atoms with Crippen molar-refractivity contribution >= 4 is 5.82 Å². The van der Waals surface area contributed by atoms with Crippen LogP contribution in [0.3, 0.4) is 0 Å². The van der Waals surface area contributed by atoms with E-state index in [1.165, 1.54) is 39.9 Å². The lowest BCUT2D eigenvalue weighted by atomic mass is 9.95. The van der Waals surface area contributed by atoms with Gasteiger partial charge < -0.3 is 10.5 Å². The molecule has 0 amide bonds. The van der Waals surface area contributed by atoms with Gasteiger partial charge in [-0.05, 0) is 38.1 Å². The minimum atomic E-state index is -4.71. The van der Waals surface area contributed by atoms with Crippen LogP contribution in [0.15, 0.2) is 30.5 Å². The molecule has 0 saturated carbocycles. The van der Waals surface area contributed by atoms with Crippen molar-refractivity contribution < 1.29 is 22.3 Å². The maximum atomic E-state index is 14.3. The van der Waals surface area contributed by atoms with Crippen LogP contribution >= 0.6 is 0 Å². The lowest BCUT2D eigenvalue weighted by molar-refractivity contribution is -0.142. The highest BCUT2D eigenvalue weighted by atomic mass is 19.4. The van der Waals surface area contributed by atoms with Crippen molar-refractivity contribution in [3.05, 3.63) is 58.8 Å². The molecule has 1 aromatic carbocycles. The summed E-state index contributed by atoms with van der Waals surface area (Å²) in [6, 6.07) is 5.61. The van der Waals surface area contributed by atoms with E-state index < -0.39 is 23.8 Å². The Morgan fingerprint density at radius 3 is 2.66 bits per heavy atom. The summed E-state index contributed by atoms with van der Waals surface area (Å²) in [6.07, 6.45) is -4.22. The summed E-state index contributed by atoms with van der Waals surface area (Å²) in [5, 5.41) is 12.7. The standard InChI is InChI=1S/C23H21F4N7O/c1-4-34-20-12-7-18(22(28)29-10-12)35-11(2)15-8-13(24)5-6-14(15)19-17(30-33(3)31-19)9-16(20)21(32-34)23(25,26)27/h5-8,10-11H,4,9H2,1-3H3,(H2,28,29). The van der Waals surface area contributed by atoms with Gasteiger partial charge in [0.15, 0.2) is 17.3 Å². The van der Waals surface area contributed by atoms with Gasteiger partial charge >= 0.3 is 6.18 Å². The number of aromatic nitrogens is 6. The zero-order valence-electron chi connectivity index (χ0n) is 19.1. The molecule has 8 nitrogen and oxygen atoms in total. The Morgan fingerprint density at radius 1 is 1.17 bits per heavy atom. The molecular weight excluding hydrogens is 466 g/mol. The van der Waals surface area contributed by atoms with Crippen LogP contribution in [0.2, 0.25) is 0 Å². The number of fused-ring (bicyclic) bond motifs is 7. The maximum Gasteiger partial charge on any atom is 0.435 e. The molecule has 0 radical (unpaired) electrons. The Morgan fingerprint density at radius 2 is 1.94 bits per heavy atom. The van der Waals surface area contributed by atoms with Crippen molar-refractivity contribution in [2.75, 3.05) is 5.73 Å². The second-order valence-corrected chi connectivity index (χ2v) is 8.25. The zero-order valence-corrected chi connectivity index (χ0v) is 19.1. The SMILES string of the molecule is CCn1nc(C(F)(F)F)c2c1-c1cnc(N)c(c1)OC(C)c1cc(F)ccc1-c1nn(C)nc1C2. The van der Waals surface area contributed by atoms with E-state index in [0.29, 0.717) is 28.1 Å². The van der Waals surface area contributed by atoms with E-state index in [0.717, 1.165) is 0 Å². The van der Waals surface area contributed by atoms with E-state index in [1.54, 1.807) is 20.9 Å². The molecule has 0 aliphatic carbocycles. The fraction of sp³-hybridized carbons (Fsp3) is 0.304. The highest BCUT2D eigenvalue weighted by Gasteiger charge is 2.40. The van der Waals surface area contributed by atoms with Crippen molar-refractivity contribution in [1.82, 2.24) is 29.8 Å². The third-order valence-corrected chi connectivity index (χ3v) is 5.91. The predicted octanol–water partition coefficient (Wildman–Crippen LogP) is 4.54. The third-order valence-electron chi connectivity index (χ3n) is 5.91. The number of alkyl halides is 3. The second-order valence-electron chi connectivity index (χ2n) is 8.25. The maximum absolute atomic E-state index is 14.3. The monoisotopic (exact) mass is 487 g/mol. The molecule has 35 heavy (non-hydrogen) atoms. The number of pyridine rings is 1. The van der Waals surface area contributed by atoms with Crippen LogP contribution in [0, 0.1) is 5.82 Å². The number of halogens is 4. The average molecular weight is 487 g/mol. The molecular formula is C23H21F4N7O. The Hall–Kier alpha value is -3.96. The number of hydrogen-bond donors (Lipinski definition) is 1. The van der Waals surface area contributed by atoms with Crippen molar-refractivity contribution in [2.24, 2.45) is 7.05 Å². The van der Waals surface area contributed by atoms with Crippen LogP contribution in [0.4, 0.5) is 23.4 Å². The topological polar surface area (TPSA) is 96.7 Å². The average Bonchev–Trinajstić information content (AvgIpc) is 3.34. The minimum Gasteiger partial charge on any atom is -0.482 e. The molecule has 3 aromatic heterocycles. The summed E-state index contributed by atoms with van der Waals surface area (Å²) in [7, 11) is 1.57.